The van der Waals surface area contributed by atoms with Crippen LogP contribution in [0.15, 0.2) is 60.7 Å². The third-order valence-corrected chi connectivity index (χ3v) is 12.1. The number of hydrogen-bond donors (Lipinski definition) is 0. The van der Waals surface area contributed by atoms with Crippen molar-refractivity contribution in [3.63, 3.8) is 0 Å². The van der Waals surface area contributed by atoms with E-state index in [0.717, 1.165) is 0 Å². The standard InChI is InChI=1S/C23H31BP/c1-22(2,3)25(24,23(4,5)6)21-19(17-13-9-7-10-14-17)20(21)18-15-11-8-12-16-18/h7-16,19-21H,1-6H3/q+1. The number of rotatable bonds is 3. The lowest BCUT2D eigenvalue weighted by Crippen LogP contribution is -2.37. The lowest BCUT2D eigenvalue weighted by Gasteiger charge is -2.46. The fourth-order valence-corrected chi connectivity index (χ4v) is 10.3. The van der Waals surface area contributed by atoms with Gasteiger partial charge < -0.3 is 0 Å². The highest BCUT2D eigenvalue weighted by Gasteiger charge is 2.71. The zero-order valence-corrected chi connectivity index (χ0v) is 17.4. The summed E-state index contributed by atoms with van der Waals surface area (Å²) in [4.78, 5) is 0. The minimum absolute atomic E-state index is 0.131. The van der Waals surface area contributed by atoms with E-state index in [0.29, 0.717) is 17.5 Å². The maximum Gasteiger partial charge on any atom is 0.366 e. The zero-order chi connectivity index (χ0) is 18.5. The summed E-state index contributed by atoms with van der Waals surface area (Å²) >= 11 is 0. The van der Waals surface area contributed by atoms with Gasteiger partial charge in [-0.1, -0.05) is 60.7 Å². The Morgan fingerprint density at radius 1 is 0.640 bits per heavy atom. The Labute approximate surface area is 156 Å². The molecule has 0 bridgehead atoms. The van der Waals surface area contributed by atoms with E-state index in [2.05, 4.69) is 102 Å². The van der Waals surface area contributed by atoms with Crippen LogP contribution in [0.5, 0.6) is 0 Å². The first-order valence-electron chi connectivity index (χ1n) is 9.36. The van der Waals surface area contributed by atoms with E-state index < -0.39 is 7.14 Å². The topological polar surface area (TPSA) is 0 Å². The van der Waals surface area contributed by atoms with E-state index in [1.54, 1.807) is 0 Å². The van der Waals surface area contributed by atoms with E-state index in [4.69, 9.17) is 7.57 Å². The van der Waals surface area contributed by atoms with Crippen LogP contribution in [0.2, 0.25) is 0 Å². The summed E-state index contributed by atoms with van der Waals surface area (Å²) in [5, 5.41) is 0.263. The fourth-order valence-electron chi connectivity index (χ4n) is 4.86. The van der Waals surface area contributed by atoms with Crippen molar-refractivity contribution in [1.82, 2.24) is 0 Å². The molecule has 1 aliphatic rings. The van der Waals surface area contributed by atoms with Crippen molar-refractivity contribution in [3.8, 4) is 0 Å². The monoisotopic (exact) mass is 349 g/mol. The molecule has 130 valence electrons. The largest absolute Gasteiger partial charge is 0.366 e. The van der Waals surface area contributed by atoms with Crippen LogP contribution >= 0.6 is 7.14 Å². The van der Waals surface area contributed by atoms with Crippen molar-refractivity contribution in [2.75, 3.05) is 0 Å². The van der Waals surface area contributed by atoms with Crippen molar-refractivity contribution in [3.05, 3.63) is 71.8 Å². The summed E-state index contributed by atoms with van der Waals surface area (Å²) in [6.45, 7) is 14.1. The van der Waals surface area contributed by atoms with Crippen LogP contribution in [0.3, 0.4) is 0 Å². The molecule has 2 atom stereocenters. The predicted octanol–water partition coefficient (Wildman–Crippen LogP) is 6.63. The van der Waals surface area contributed by atoms with Gasteiger partial charge in [0.15, 0.2) is 0 Å². The molecule has 2 aromatic rings. The van der Waals surface area contributed by atoms with E-state index in [1.165, 1.54) is 11.1 Å². The van der Waals surface area contributed by atoms with Gasteiger partial charge in [-0.15, -0.1) is 0 Å². The second-order valence-corrected chi connectivity index (χ2v) is 14.3. The van der Waals surface area contributed by atoms with Crippen molar-refractivity contribution < 1.29 is 0 Å². The summed E-state index contributed by atoms with van der Waals surface area (Å²) in [6, 6.07) is 22.0. The Balaban J connectivity index is 2.11. The molecule has 0 aromatic heterocycles. The smallest absolute Gasteiger partial charge is 0.0622 e. The second-order valence-electron chi connectivity index (χ2n) is 9.48. The average Bonchev–Trinajstić information content (AvgIpc) is 3.29. The van der Waals surface area contributed by atoms with Crippen LogP contribution < -0.4 is 0 Å². The first-order valence-corrected chi connectivity index (χ1v) is 11.3. The van der Waals surface area contributed by atoms with Gasteiger partial charge in [0.1, 0.15) is 0 Å². The van der Waals surface area contributed by atoms with Crippen molar-refractivity contribution >= 4 is 14.7 Å². The van der Waals surface area contributed by atoms with Gasteiger partial charge in [-0.3, -0.25) is 0 Å². The Morgan fingerprint density at radius 2 is 0.960 bits per heavy atom. The third kappa shape index (κ3) is 3.10. The fraction of sp³-hybridized carbons (Fsp3) is 0.478. The molecule has 25 heavy (non-hydrogen) atoms. The minimum atomic E-state index is -1.74. The SMILES string of the molecule is [B][P+](C1C(c2ccccc2)C1c1ccccc1)(C(C)(C)C)C(C)(C)C. The summed E-state index contributed by atoms with van der Waals surface area (Å²) in [5.74, 6) is 1.08. The average molecular weight is 349 g/mol. The van der Waals surface area contributed by atoms with Crippen molar-refractivity contribution in [2.45, 2.75) is 69.3 Å². The van der Waals surface area contributed by atoms with E-state index >= 15 is 0 Å². The van der Waals surface area contributed by atoms with Crippen LogP contribution in [-0.2, 0) is 0 Å². The lowest BCUT2D eigenvalue weighted by atomic mass is 10.0. The van der Waals surface area contributed by atoms with Gasteiger partial charge in [0, 0.05) is 11.8 Å². The van der Waals surface area contributed by atoms with Gasteiger partial charge >= 0.3 is 7.57 Å². The predicted molar refractivity (Wildman–Crippen MR) is 114 cm³/mol. The van der Waals surface area contributed by atoms with Gasteiger partial charge in [-0.2, -0.15) is 0 Å². The van der Waals surface area contributed by atoms with E-state index in [-0.39, 0.29) is 10.3 Å². The Morgan fingerprint density at radius 3 is 1.24 bits per heavy atom. The van der Waals surface area contributed by atoms with E-state index in [1.807, 2.05) is 0 Å². The van der Waals surface area contributed by atoms with Crippen LogP contribution in [-0.4, -0.2) is 23.5 Å². The molecule has 1 fully saturated rings. The van der Waals surface area contributed by atoms with Gasteiger partial charge in [-0.05, 0) is 59.8 Å². The highest BCUT2D eigenvalue weighted by atomic mass is 31.2. The summed E-state index contributed by atoms with van der Waals surface area (Å²) < 4.78 is 0. The number of benzene rings is 2. The number of hydrogen-bond acceptors (Lipinski definition) is 0. The first-order chi connectivity index (χ1) is 11.6. The van der Waals surface area contributed by atoms with E-state index in [9.17, 15) is 0 Å². The molecule has 1 saturated carbocycles. The Hall–Kier alpha value is -1.07. The molecule has 2 unspecified atom stereocenters. The molecule has 0 amide bonds. The van der Waals surface area contributed by atoms with Gasteiger partial charge in [0.25, 0.3) is 0 Å². The normalized spacial score (nSPS) is 24.2. The molecule has 0 spiro atoms. The first kappa shape index (κ1) is 18.7. The van der Waals surface area contributed by atoms with Crippen LogP contribution in [0.1, 0.15) is 64.5 Å². The Kier molecular flexibility index (Phi) is 4.70. The molecule has 2 aromatic carbocycles. The molecule has 0 nitrogen and oxygen atoms in total. The molecule has 0 heterocycles. The molecular formula is C23H31BP+. The summed E-state index contributed by atoms with van der Waals surface area (Å²) in [5.41, 5.74) is 3.45. The molecule has 0 aliphatic heterocycles. The molecule has 1 aliphatic carbocycles. The van der Waals surface area contributed by atoms with Crippen molar-refractivity contribution in [2.24, 2.45) is 0 Å². The zero-order valence-electron chi connectivity index (χ0n) is 16.5. The molecule has 2 radical (unpaired) electrons. The quantitative estimate of drug-likeness (QED) is 0.431. The highest BCUT2D eigenvalue weighted by Crippen LogP contribution is 2.87. The van der Waals surface area contributed by atoms with Gasteiger partial charge in [-0.25, -0.2) is 0 Å². The van der Waals surface area contributed by atoms with Crippen LogP contribution in [0, 0.1) is 0 Å². The molecule has 0 N–H and O–H groups in total. The van der Waals surface area contributed by atoms with Crippen molar-refractivity contribution in [1.29, 1.82) is 0 Å². The van der Waals surface area contributed by atoms with Crippen LogP contribution in [0.4, 0.5) is 0 Å². The third-order valence-electron chi connectivity index (χ3n) is 6.04. The summed E-state index contributed by atoms with van der Waals surface area (Å²) in [6.07, 6.45) is 0. The maximum atomic E-state index is 7.42. The lowest BCUT2D eigenvalue weighted by molar-refractivity contribution is 0.693. The van der Waals surface area contributed by atoms with Crippen LogP contribution in [0.25, 0.3) is 0 Å². The Bertz CT molecular complexity index is 650. The highest BCUT2D eigenvalue weighted by molar-refractivity contribution is 8.00. The molecular weight excluding hydrogens is 318 g/mol. The molecule has 3 rings (SSSR count). The maximum absolute atomic E-state index is 7.42. The minimum Gasteiger partial charge on any atom is -0.0622 e. The molecule has 0 saturated heterocycles. The second kappa shape index (κ2) is 6.28. The summed E-state index contributed by atoms with van der Waals surface area (Å²) in [7, 11) is 5.68. The van der Waals surface area contributed by atoms with Gasteiger partial charge in [0.05, 0.1) is 16.0 Å². The van der Waals surface area contributed by atoms with Gasteiger partial charge in [0.2, 0.25) is 0 Å². The molecule has 2 heteroatoms.